The maximum Gasteiger partial charge on any atom is 0.145 e. The average molecular weight is 335 g/mol. The van der Waals surface area contributed by atoms with E-state index in [1.54, 1.807) is 23.5 Å². The van der Waals surface area contributed by atoms with E-state index >= 15 is 0 Å². The van der Waals surface area contributed by atoms with E-state index in [9.17, 15) is 4.39 Å². The fourth-order valence-corrected chi connectivity index (χ4v) is 3.19. The molecule has 17 heavy (non-hydrogen) atoms. The van der Waals surface area contributed by atoms with E-state index in [0.717, 1.165) is 8.66 Å². The predicted molar refractivity (Wildman–Crippen MR) is 74.1 cm³/mol. The van der Waals surface area contributed by atoms with Crippen molar-refractivity contribution >= 4 is 38.9 Å². The van der Waals surface area contributed by atoms with E-state index in [2.05, 4.69) is 15.9 Å². The molecule has 2 N–H and O–H groups in total. The maximum absolute atomic E-state index is 13.7. The Morgan fingerprint density at radius 1 is 1.35 bits per heavy atom. The molecule has 0 aliphatic carbocycles. The molecule has 5 heteroatoms. The van der Waals surface area contributed by atoms with E-state index in [-0.39, 0.29) is 16.9 Å². The first-order chi connectivity index (χ1) is 8.08. The Hall–Kier alpha value is -0.420. The number of hydrogen-bond donors (Lipinski definition) is 1. The summed E-state index contributed by atoms with van der Waals surface area (Å²) in [5.41, 5.74) is 6.59. The summed E-state index contributed by atoms with van der Waals surface area (Å²) in [5, 5.41) is 0.141. The van der Waals surface area contributed by atoms with Crippen LogP contribution in [-0.2, 0) is 6.42 Å². The van der Waals surface area contributed by atoms with Gasteiger partial charge in [0, 0.05) is 10.9 Å². The lowest BCUT2D eigenvalue weighted by Crippen LogP contribution is -2.12. The number of thiophene rings is 1. The Morgan fingerprint density at radius 2 is 2.12 bits per heavy atom. The van der Waals surface area contributed by atoms with Crippen LogP contribution in [0.1, 0.15) is 16.5 Å². The lowest BCUT2D eigenvalue weighted by atomic mass is 10.0. The second-order valence-electron chi connectivity index (χ2n) is 3.67. The minimum atomic E-state index is -0.375. The van der Waals surface area contributed by atoms with Gasteiger partial charge < -0.3 is 5.73 Å². The van der Waals surface area contributed by atoms with E-state index in [0.29, 0.717) is 12.0 Å². The zero-order valence-corrected chi connectivity index (χ0v) is 11.9. The van der Waals surface area contributed by atoms with Gasteiger partial charge in [-0.3, -0.25) is 0 Å². The molecule has 1 heterocycles. The molecule has 0 fully saturated rings. The monoisotopic (exact) mass is 333 g/mol. The molecular formula is C12H10BrClFNS. The number of nitrogens with two attached hydrogens (primary N) is 1. The molecule has 0 aliphatic rings. The molecule has 0 saturated carbocycles. The molecule has 2 rings (SSSR count). The van der Waals surface area contributed by atoms with Crippen molar-refractivity contribution in [1.29, 1.82) is 0 Å². The van der Waals surface area contributed by atoms with Crippen molar-refractivity contribution in [1.82, 2.24) is 0 Å². The highest BCUT2D eigenvalue weighted by atomic mass is 79.9. The SMILES string of the molecule is NC(Cc1cccc(Cl)c1F)c1ccc(Br)s1. The van der Waals surface area contributed by atoms with Gasteiger partial charge in [-0.25, -0.2) is 4.39 Å². The van der Waals surface area contributed by atoms with Crippen LogP contribution in [0.5, 0.6) is 0 Å². The van der Waals surface area contributed by atoms with Crippen molar-refractivity contribution in [2.45, 2.75) is 12.5 Å². The van der Waals surface area contributed by atoms with E-state index < -0.39 is 0 Å². The molecule has 1 aromatic heterocycles. The number of rotatable bonds is 3. The van der Waals surface area contributed by atoms with Gasteiger partial charge in [-0.2, -0.15) is 0 Å². The van der Waals surface area contributed by atoms with Gasteiger partial charge in [0.25, 0.3) is 0 Å². The first-order valence-electron chi connectivity index (χ1n) is 5.01. The average Bonchev–Trinajstić information content (AvgIpc) is 2.72. The summed E-state index contributed by atoms with van der Waals surface area (Å²) in [4.78, 5) is 1.02. The van der Waals surface area contributed by atoms with Crippen molar-refractivity contribution in [3.05, 3.63) is 55.4 Å². The highest BCUT2D eigenvalue weighted by Crippen LogP contribution is 2.29. The third-order valence-corrected chi connectivity index (χ3v) is 4.48. The van der Waals surface area contributed by atoms with Crippen LogP contribution in [-0.4, -0.2) is 0 Å². The quantitative estimate of drug-likeness (QED) is 0.876. The molecule has 2 aromatic rings. The molecule has 0 aliphatic heterocycles. The lowest BCUT2D eigenvalue weighted by Gasteiger charge is -2.10. The number of hydrogen-bond acceptors (Lipinski definition) is 2. The van der Waals surface area contributed by atoms with Crippen LogP contribution < -0.4 is 5.73 Å². The first kappa shape index (κ1) is 13.0. The normalized spacial score (nSPS) is 12.7. The van der Waals surface area contributed by atoms with Crippen LogP contribution in [0.3, 0.4) is 0 Å². The third kappa shape index (κ3) is 3.07. The maximum atomic E-state index is 13.7. The van der Waals surface area contributed by atoms with Gasteiger partial charge in [-0.05, 0) is 46.1 Å². The number of benzene rings is 1. The minimum Gasteiger partial charge on any atom is -0.323 e. The van der Waals surface area contributed by atoms with Crippen LogP contribution in [0, 0.1) is 5.82 Å². The van der Waals surface area contributed by atoms with Gasteiger partial charge in [0.15, 0.2) is 0 Å². The Bertz CT molecular complexity index is 529. The van der Waals surface area contributed by atoms with Crippen molar-refractivity contribution < 1.29 is 4.39 Å². The molecule has 1 unspecified atom stereocenters. The molecule has 90 valence electrons. The van der Waals surface area contributed by atoms with Crippen LogP contribution in [0.25, 0.3) is 0 Å². The fraction of sp³-hybridized carbons (Fsp3) is 0.167. The molecule has 0 spiro atoms. The van der Waals surface area contributed by atoms with Crippen LogP contribution in [0.15, 0.2) is 34.1 Å². The zero-order valence-electron chi connectivity index (χ0n) is 8.79. The van der Waals surface area contributed by atoms with Gasteiger partial charge in [-0.1, -0.05) is 23.7 Å². The standard InChI is InChI=1S/C12H10BrClFNS/c13-11-5-4-10(17-11)9(16)6-7-2-1-3-8(14)12(7)15/h1-5,9H,6,16H2. The minimum absolute atomic E-state index is 0.141. The molecule has 0 radical (unpaired) electrons. The molecule has 0 saturated heterocycles. The summed E-state index contributed by atoms with van der Waals surface area (Å²) in [6, 6.07) is 8.66. The van der Waals surface area contributed by atoms with E-state index in [1.807, 2.05) is 12.1 Å². The van der Waals surface area contributed by atoms with Crippen LogP contribution in [0.4, 0.5) is 4.39 Å². The molecule has 0 amide bonds. The van der Waals surface area contributed by atoms with E-state index in [4.69, 9.17) is 17.3 Å². The Morgan fingerprint density at radius 3 is 2.76 bits per heavy atom. The highest BCUT2D eigenvalue weighted by molar-refractivity contribution is 9.11. The summed E-state index contributed by atoms with van der Waals surface area (Å²) >= 11 is 10.7. The van der Waals surface area contributed by atoms with Gasteiger partial charge in [0.1, 0.15) is 5.82 Å². The Kier molecular flexibility index (Phi) is 4.20. The first-order valence-corrected chi connectivity index (χ1v) is 7.00. The van der Waals surface area contributed by atoms with Crippen molar-refractivity contribution in [2.75, 3.05) is 0 Å². The number of halogens is 3. The van der Waals surface area contributed by atoms with Crippen molar-refractivity contribution in [3.8, 4) is 0 Å². The summed E-state index contributed by atoms with van der Waals surface area (Å²) in [5.74, 6) is -0.375. The predicted octanol–water partition coefficient (Wildman–Crippen LogP) is 4.55. The molecular weight excluding hydrogens is 325 g/mol. The summed E-state index contributed by atoms with van der Waals surface area (Å²) in [6.45, 7) is 0. The lowest BCUT2D eigenvalue weighted by molar-refractivity contribution is 0.595. The van der Waals surface area contributed by atoms with Gasteiger partial charge in [0.05, 0.1) is 8.81 Å². The second-order valence-corrected chi connectivity index (χ2v) is 6.57. The largest absolute Gasteiger partial charge is 0.323 e. The molecule has 1 nitrogen and oxygen atoms in total. The van der Waals surface area contributed by atoms with Gasteiger partial charge in [0.2, 0.25) is 0 Å². The summed E-state index contributed by atoms with van der Waals surface area (Å²) in [6.07, 6.45) is 0.444. The van der Waals surface area contributed by atoms with E-state index in [1.165, 1.54) is 6.07 Å². The van der Waals surface area contributed by atoms with Gasteiger partial charge in [-0.15, -0.1) is 11.3 Å². The third-order valence-electron chi connectivity index (χ3n) is 2.43. The molecule has 1 atom stereocenters. The topological polar surface area (TPSA) is 26.0 Å². The van der Waals surface area contributed by atoms with Crippen LogP contribution >= 0.6 is 38.9 Å². The zero-order chi connectivity index (χ0) is 12.4. The Balaban J connectivity index is 2.18. The van der Waals surface area contributed by atoms with Crippen LogP contribution in [0.2, 0.25) is 5.02 Å². The highest BCUT2D eigenvalue weighted by Gasteiger charge is 2.13. The Labute approximate surface area is 117 Å². The molecule has 1 aromatic carbocycles. The van der Waals surface area contributed by atoms with Gasteiger partial charge >= 0.3 is 0 Å². The molecule has 0 bridgehead atoms. The van der Waals surface area contributed by atoms with Crippen molar-refractivity contribution in [3.63, 3.8) is 0 Å². The summed E-state index contributed by atoms with van der Waals surface area (Å²) < 4.78 is 14.7. The fourth-order valence-electron chi connectivity index (χ4n) is 1.57. The van der Waals surface area contributed by atoms with Crippen molar-refractivity contribution in [2.24, 2.45) is 5.73 Å². The smallest absolute Gasteiger partial charge is 0.145 e. The summed E-state index contributed by atoms with van der Waals surface area (Å²) in [7, 11) is 0. The second kappa shape index (κ2) is 5.48.